The number of nitrogens with one attached hydrogen (secondary N) is 1. The van der Waals surface area contributed by atoms with Crippen LogP contribution in [0.25, 0.3) is 0 Å². The van der Waals surface area contributed by atoms with Crippen molar-refractivity contribution in [2.75, 3.05) is 5.73 Å². The highest BCUT2D eigenvalue weighted by molar-refractivity contribution is 7.46. The smallest absolute Gasteiger partial charge is 0.387 e. The Morgan fingerprint density at radius 1 is 0.947 bits per heavy atom. The highest BCUT2D eigenvalue weighted by Crippen LogP contribution is 2.44. The van der Waals surface area contributed by atoms with Crippen LogP contribution in [0.15, 0.2) is 38.9 Å². The second kappa shape index (κ2) is 10.4. The van der Waals surface area contributed by atoms with Crippen molar-refractivity contribution in [2.24, 2.45) is 0 Å². The van der Waals surface area contributed by atoms with Gasteiger partial charge in [0, 0.05) is 18.5 Å². The maximum atomic E-state index is 12.2. The van der Waals surface area contributed by atoms with Gasteiger partial charge in [0.05, 0.1) is 0 Å². The van der Waals surface area contributed by atoms with Crippen LogP contribution in [0.3, 0.4) is 0 Å². The largest absolute Gasteiger partial charge is 0.470 e. The second-order valence-electron chi connectivity index (χ2n) is 8.56. The molecule has 0 spiro atoms. The number of aromatic nitrogens is 4. The molecule has 2 saturated heterocycles. The molecule has 19 nitrogen and oxygen atoms in total. The number of nitrogens with zero attached hydrogens (tertiary/aromatic N) is 3. The monoisotopic (exact) mass is 565 g/mol. The van der Waals surface area contributed by atoms with Gasteiger partial charge in [0.25, 0.3) is 5.56 Å². The minimum atomic E-state index is -5.47. The number of H-pyrrole nitrogens is 1. The summed E-state index contributed by atoms with van der Waals surface area (Å²) in [4.78, 5) is 59.8. The molecule has 20 heteroatoms. The van der Waals surface area contributed by atoms with E-state index in [4.69, 9.17) is 15.2 Å². The van der Waals surface area contributed by atoms with Crippen LogP contribution in [0, 0.1) is 0 Å². The third-order valence-electron chi connectivity index (χ3n) is 6.06. The number of phosphoric ester groups is 1. The van der Waals surface area contributed by atoms with E-state index in [-0.39, 0.29) is 5.82 Å². The Labute approximate surface area is 210 Å². The molecule has 0 radical (unpaired) electrons. The minimum Gasteiger partial charge on any atom is -0.387 e. The first-order valence-corrected chi connectivity index (χ1v) is 12.3. The van der Waals surface area contributed by atoms with Gasteiger partial charge in [-0.05, 0) is 6.07 Å². The average molecular weight is 565 g/mol. The molecule has 2 aliphatic heterocycles. The van der Waals surface area contributed by atoms with Crippen molar-refractivity contribution >= 4 is 13.6 Å². The van der Waals surface area contributed by atoms with Crippen molar-refractivity contribution < 1.29 is 53.9 Å². The number of phosphoric acid groups is 1. The standard InChI is InChI=1S/C18H24N5O14P/c19-5-1-3-22(17(30)20-5)16-10(28)8(26)13(36-16)14(37-38(32,33)34)11(29)12-7(25)9(27)15(35-12)23-4-2-6(24)21-18(23)31/h1-4,7-16,25-29H,(H2,19,20,30)(H,21,24,31)(H2,32,33,34)/t7-,8-,9+,10+,11?,12-,13-,14?,15+,16+/m0/s1. The molecule has 0 saturated carbocycles. The third-order valence-corrected chi connectivity index (χ3v) is 6.58. The fraction of sp³-hybridized carbons (Fsp3) is 0.556. The van der Waals surface area contributed by atoms with Crippen LogP contribution in [0.2, 0.25) is 0 Å². The Morgan fingerprint density at radius 3 is 2.08 bits per heavy atom. The van der Waals surface area contributed by atoms with Crippen molar-refractivity contribution in [1.29, 1.82) is 0 Å². The van der Waals surface area contributed by atoms with E-state index in [1.165, 1.54) is 6.07 Å². The zero-order chi connectivity index (χ0) is 28.1. The van der Waals surface area contributed by atoms with Crippen LogP contribution in [0.5, 0.6) is 0 Å². The van der Waals surface area contributed by atoms with Crippen LogP contribution in [0.1, 0.15) is 12.5 Å². The van der Waals surface area contributed by atoms with Crippen molar-refractivity contribution in [2.45, 2.75) is 61.3 Å². The number of rotatable bonds is 7. The number of ether oxygens (including phenoxy) is 2. The Bertz CT molecular complexity index is 1390. The fourth-order valence-electron chi connectivity index (χ4n) is 4.29. The Balaban J connectivity index is 1.65. The molecule has 2 aromatic heterocycles. The fourth-order valence-corrected chi connectivity index (χ4v) is 4.86. The minimum absolute atomic E-state index is 0.170. The van der Waals surface area contributed by atoms with Gasteiger partial charge in [0.2, 0.25) is 0 Å². The second-order valence-corrected chi connectivity index (χ2v) is 9.75. The number of aliphatic hydroxyl groups excluding tert-OH is 5. The highest BCUT2D eigenvalue weighted by atomic mass is 31.2. The molecular formula is C18H24N5O14P. The van der Waals surface area contributed by atoms with Crippen molar-refractivity contribution in [1.82, 2.24) is 19.1 Å². The van der Waals surface area contributed by atoms with E-state index >= 15 is 0 Å². The van der Waals surface area contributed by atoms with Crippen LogP contribution in [0.4, 0.5) is 5.82 Å². The topological polar surface area (TPSA) is 302 Å². The predicted octanol–water partition coefficient (Wildman–Crippen LogP) is -5.55. The summed E-state index contributed by atoms with van der Waals surface area (Å²) in [5.74, 6) is -0.170. The number of nitrogens with two attached hydrogens (primary N) is 1. The molecule has 10 atom stereocenters. The van der Waals surface area contributed by atoms with E-state index in [1.807, 2.05) is 4.98 Å². The number of aromatic amines is 1. The molecule has 2 aromatic rings. The molecule has 0 bridgehead atoms. The zero-order valence-corrected chi connectivity index (χ0v) is 19.8. The summed E-state index contributed by atoms with van der Waals surface area (Å²) >= 11 is 0. The molecule has 0 amide bonds. The number of nitrogen functional groups attached to an aromatic ring is 1. The summed E-state index contributed by atoms with van der Waals surface area (Å²) in [7, 11) is -5.47. The van der Waals surface area contributed by atoms with Gasteiger partial charge in [-0.25, -0.2) is 14.2 Å². The average Bonchev–Trinajstić information content (AvgIpc) is 3.27. The summed E-state index contributed by atoms with van der Waals surface area (Å²) in [5, 5.41) is 53.0. The first-order chi connectivity index (χ1) is 17.7. The van der Waals surface area contributed by atoms with E-state index < -0.39 is 86.0 Å². The van der Waals surface area contributed by atoms with Crippen LogP contribution < -0.4 is 22.7 Å². The lowest BCUT2D eigenvalue weighted by atomic mass is 9.95. The van der Waals surface area contributed by atoms with E-state index in [1.54, 1.807) is 0 Å². The highest BCUT2D eigenvalue weighted by Gasteiger charge is 2.56. The lowest BCUT2D eigenvalue weighted by Gasteiger charge is -2.33. The first-order valence-electron chi connectivity index (χ1n) is 10.8. The summed E-state index contributed by atoms with van der Waals surface area (Å²) in [6, 6.07) is 2.07. The predicted molar refractivity (Wildman–Crippen MR) is 119 cm³/mol. The third kappa shape index (κ3) is 5.35. The van der Waals surface area contributed by atoms with Gasteiger partial charge in [0.1, 0.15) is 54.6 Å². The van der Waals surface area contributed by atoms with Crippen LogP contribution in [-0.2, 0) is 18.6 Å². The number of aliphatic hydroxyl groups is 5. The van der Waals surface area contributed by atoms with Crippen molar-refractivity contribution in [3.8, 4) is 0 Å². The number of hydrogen-bond acceptors (Lipinski definition) is 14. The number of hydrogen-bond donors (Lipinski definition) is 9. The van der Waals surface area contributed by atoms with Gasteiger partial charge < -0.3 is 50.5 Å². The molecule has 2 unspecified atom stereocenters. The molecule has 10 N–H and O–H groups in total. The van der Waals surface area contributed by atoms with E-state index in [0.29, 0.717) is 9.13 Å². The molecule has 2 fully saturated rings. The number of anilines is 1. The van der Waals surface area contributed by atoms with E-state index in [2.05, 4.69) is 9.51 Å². The maximum Gasteiger partial charge on any atom is 0.470 e. The van der Waals surface area contributed by atoms with Gasteiger partial charge in [0.15, 0.2) is 12.5 Å². The molecule has 4 rings (SSSR count). The molecule has 0 aliphatic carbocycles. The van der Waals surface area contributed by atoms with Gasteiger partial charge >= 0.3 is 19.2 Å². The molecule has 0 aromatic carbocycles. The SMILES string of the molecule is Nc1ccn([C@@H]2O[C@H](C(OP(=O)(O)O)C(O)[C@H]3O[C@@H](n4ccc(=O)[nH]c4=O)[C@H](O)[C@@H]3O)[C@@H](O)[C@H]2O)c(=O)n1. The van der Waals surface area contributed by atoms with Crippen LogP contribution >= 0.6 is 7.82 Å². The van der Waals surface area contributed by atoms with E-state index in [9.17, 15) is 54.3 Å². The molecule has 4 heterocycles. The Kier molecular flexibility index (Phi) is 7.72. The van der Waals surface area contributed by atoms with Gasteiger partial charge in [-0.3, -0.25) is 23.4 Å². The van der Waals surface area contributed by atoms with Gasteiger partial charge in [-0.15, -0.1) is 0 Å². The molecular weight excluding hydrogens is 541 g/mol. The molecule has 38 heavy (non-hydrogen) atoms. The Morgan fingerprint density at radius 2 is 1.50 bits per heavy atom. The van der Waals surface area contributed by atoms with E-state index in [0.717, 1.165) is 18.5 Å². The quantitative estimate of drug-likeness (QED) is 0.141. The lowest BCUT2D eigenvalue weighted by Crippen LogP contribution is -2.53. The zero-order valence-electron chi connectivity index (χ0n) is 18.9. The normalized spacial score (nSPS) is 33.3. The van der Waals surface area contributed by atoms with Crippen LogP contribution in [-0.4, -0.2) is 103 Å². The maximum absolute atomic E-state index is 12.2. The summed E-state index contributed by atoms with van der Waals surface area (Å²) in [6.45, 7) is 0. The summed E-state index contributed by atoms with van der Waals surface area (Å²) in [6.07, 6.45) is -17.6. The van der Waals surface area contributed by atoms with Crippen molar-refractivity contribution in [3.63, 3.8) is 0 Å². The van der Waals surface area contributed by atoms with Gasteiger partial charge in [-0.2, -0.15) is 4.98 Å². The summed E-state index contributed by atoms with van der Waals surface area (Å²) in [5.41, 5.74) is 2.59. The van der Waals surface area contributed by atoms with Gasteiger partial charge in [-0.1, -0.05) is 0 Å². The lowest BCUT2D eigenvalue weighted by molar-refractivity contribution is -0.163. The van der Waals surface area contributed by atoms with Crippen molar-refractivity contribution in [3.05, 3.63) is 55.8 Å². The Hall–Kier alpha value is -2.81. The first kappa shape index (κ1) is 28.2. The molecule has 210 valence electrons. The molecule has 2 aliphatic rings. The summed E-state index contributed by atoms with van der Waals surface area (Å²) < 4.78 is 28.6.